The van der Waals surface area contributed by atoms with Crippen LogP contribution in [0.15, 0.2) is 0 Å². The van der Waals surface area contributed by atoms with Crippen molar-refractivity contribution in [2.45, 2.75) is 0 Å². The first kappa shape index (κ1) is 119. The van der Waals surface area contributed by atoms with Gasteiger partial charge in [0, 0.05) is 0 Å². The summed E-state index contributed by atoms with van der Waals surface area (Å²) in [7, 11) is 0. The van der Waals surface area contributed by atoms with E-state index in [4.69, 9.17) is 0 Å². The molecule has 0 radical (unpaired) electrons. The van der Waals surface area contributed by atoms with Crippen molar-refractivity contribution in [2.75, 3.05) is 0 Å². The van der Waals surface area contributed by atoms with E-state index in [1.165, 1.54) is 35.1 Å². The molecule has 0 spiro atoms. The Bertz CT molecular complexity index is 8.49. The topological polar surface area (TPSA) is 189 Å². The maximum atomic E-state index is 4.64. The molecule has 0 aliphatic carbocycles. The first-order valence-electron chi connectivity index (χ1n) is 0.126. The number of hydrogen-bond donors (Lipinski definition) is 0. The quantitative estimate of drug-likeness (QED) is 0.419. The molecule has 0 bridgehead atoms. The molecular weight excluding hydrogens is 290 g/mol. The van der Waals surface area contributed by atoms with E-state index in [0.29, 0.717) is 0 Å². The standard InChI is InChI=1S/ClH.6H2O.Tb/h1H;6*1H2;/q;;;;;;;+1/p-1. The number of halogens is 1. The number of hydrogen-bond acceptors (Lipinski definition) is 0. The van der Waals surface area contributed by atoms with Gasteiger partial charge in [-0.1, -0.05) is 0 Å². The van der Waals surface area contributed by atoms with Gasteiger partial charge in [-0.3, -0.25) is 0 Å². The third-order valence-electron chi connectivity index (χ3n) is 0. The van der Waals surface area contributed by atoms with Crippen LogP contribution >= 0.6 is 6.22 Å². The molecular formula is H12ClO6Tb. The maximum absolute atomic E-state index is 4.64. The zero-order valence-corrected chi connectivity index (χ0v) is 6.61. The fraction of sp³-hybridized carbons (Fsp3) is 0. The van der Waals surface area contributed by atoms with E-state index in [1.807, 2.05) is 0 Å². The SMILES string of the molecule is O.O.O.O.O.O.[Cl][Tb]. The van der Waals surface area contributed by atoms with Gasteiger partial charge in [0.2, 0.25) is 0 Å². The Hall–Kier alpha value is 1.34. The van der Waals surface area contributed by atoms with E-state index in [2.05, 4.69) is 6.22 Å². The molecule has 8 heteroatoms. The van der Waals surface area contributed by atoms with Crippen molar-refractivity contribution in [1.82, 2.24) is 0 Å². The van der Waals surface area contributed by atoms with Crippen molar-refractivity contribution in [3.8, 4) is 0 Å². The van der Waals surface area contributed by atoms with E-state index < -0.39 is 0 Å². The van der Waals surface area contributed by atoms with Crippen LogP contribution in [0.4, 0.5) is 0 Å². The van der Waals surface area contributed by atoms with E-state index in [1.54, 1.807) is 0 Å². The second-order valence-electron chi connectivity index (χ2n) is 0. The molecule has 64 valence electrons. The molecule has 0 atom stereocenters. The normalized spacial score (nSPS) is 0.875. The van der Waals surface area contributed by atoms with Crippen LogP contribution in [0.5, 0.6) is 0 Å². The van der Waals surface area contributed by atoms with Gasteiger partial charge >= 0.3 is 41.3 Å². The molecule has 0 saturated carbocycles. The van der Waals surface area contributed by atoms with Gasteiger partial charge in [-0.25, -0.2) is 0 Å². The minimum atomic E-state index is 0. The van der Waals surface area contributed by atoms with Crippen LogP contribution in [-0.4, -0.2) is 32.9 Å². The molecule has 0 amide bonds. The van der Waals surface area contributed by atoms with Crippen molar-refractivity contribution in [3.63, 3.8) is 0 Å². The molecule has 0 aromatic rings. The summed E-state index contributed by atoms with van der Waals surface area (Å²) in [5, 5.41) is 0. The van der Waals surface area contributed by atoms with E-state index in [9.17, 15) is 0 Å². The van der Waals surface area contributed by atoms with E-state index in [-0.39, 0.29) is 32.9 Å². The van der Waals surface area contributed by atoms with Crippen LogP contribution < -0.4 is 0 Å². The molecule has 0 saturated heterocycles. The molecule has 0 fully saturated rings. The fourth-order valence-corrected chi connectivity index (χ4v) is 0. The Morgan fingerprint density at radius 3 is 0.500 bits per heavy atom. The van der Waals surface area contributed by atoms with Crippen LogP contribution in [0.25, 0.3) is 0 Å². The van der Waals surface area contributed by atoms with Crippen molar-refractivity contribution < 1.29 is 68.0 Å². The number of rotatable bonds is 0. The summed E-state index contributed by atoms with van der Waals surface area (Å²) >= 11 is 1.47. The molecule has 8 heavy (non-hydrogen) atoms. The van der Waals surface area contributed by atoms with Gasteiger partial charge in [-0.05, 0) is 0 Å². The van der Waals surface area contributed by atoms with Crippen molar-refractivity contribution in [2.24, 2.45) is 0 Å². The first-order valence-corrected chi connectivity index (χ1v) is 2.80. The molecule has 6 nitrogen and oxygen atoms in total. The Kier molecular flexibility index (Phi) is 3740. The zero-order chi connectivity index (χ0) is 2.00. The van der Waals surface area contributed by atoms with Crippen LogP contribution in [0, 0.1) is 35.1 Å². The molecule has 0 aromatic heterocycles. The zero-order valence-electron chi connectivity index (χ0n) is 3.71. The van der Waals surface area contributed by atoms with Crippen LogP contribution in [-0.2, 0) is 0 Å². The summed E-state index contributed by atoms with van der Waals surface area (Å²) in [4.78, 5) is 0. The van der Waals surface area contributed by atoms with Gasteiger partial charge in [0.05, 0.1) is 0 Å². The molecule has 0 heterocycles. The summed E-state index contributed by atoms with van der Waals surface area (Å²) in [6.07, 6.45) is 4.64. The van der Waals surface area contributed by atoms with Crippen LogP contribution in [0.2, 0.25) is 0 Å². The molecule has 12 N–H and O–H groups in total. The molecule has 0 rings (SSSR count). The molecule has 0 unspecified atom stereocenters. The predicted octanol–water partition coefficient (Wildman–Crippen LogP) is -4.26. The van der Waals surface area contributed by atoms with E-state index >= 15 is 0 Å². The second kappa shape index (κ2) is 251. The van der Waals surface area contributed by atoms with Crippen molar-refractivity contribution >= 4 is 6.22 Å². The van der Waals surface area contributed by atoms with Gasteiger partial charge < -0.3 is 32.9 Å². The molecule has 0 aromatic carbocycles. The van der Waals surface area contributed by atoms with Gasteiger partial charge in [0.15, 0.2) is 0 Å². The van der Waals surface area contributed by atoms with Crippen molar-refractivity contribution in [3.05, 3.63) is 0 Å². The summed E-state index contributed by atoms with van der Waals surface area (Å²) in [5.41, 5.74) is 0. The van der Waals surface area contributed by atoms with Gasteiger partial charge in [0.1, 0.15) is 0 Å². The fourth-order valence-electron chi connectivity index (χ4n) is 0. The van der Waals surface area contributed by atoms with Gasteiger partial charge in [0.25, 0.3) is 0 Å². The van der Waals surface area contributed by atoms with Gasteiger partial charge in [-0.15, -0.1) is 0 Å². The van der Waals surface area contributed by atoms with Crippen molar-refractivity contribution in [1.29, 1.82) is 0 Å². The average molecular weight is 302 g/mol. The Morgan fingerprint density at radius 2 is 0.500 bits per heavy atom. The summed E-state index contributed by atoms with van der Waals surface area (Å²) < 4.78 is 0. The first-order chi connectivity index (χ1) is 1.00. The van der Waals surface area contributed by atoms with Crippen LogP contribution in [0.1, 0.15) is 0 Å². The average Bonchev–Trinajstić information content (AvgIpc) is 1.00. The Morgan fingerprint density at radius 1 is 0.500 bits per heavy atom. The monoisotopic (exact) mass is 302 g/mol. The Labute approximate surface area is 73.7 Å². The van der Waals surface area contributed by atoms with Gasteiger partial charge in [-0.2, -0.15) is 0 Å². The predicted molar refractivity (Wildman–Crippen MR) is 27.5 cm³/mol. The Balaban J connectivity index is -0.000000000333. The summed E-state index contributed by atoms with van der Waals surface area (Å²) in [6, 6.07) is 0. The van der Waals surface area contributed by atoms with E-state index in [0.717, 1.165) is 0 Å². The minimum absolute atomic E-state index is 0. The third kappa shape index (κ3) is 165. The summed E-state index contributed by atoms with van der Waals surface area (Å²) in [6.45, 7) is 0. The molecule has 0 aliphatic heterocycles. The molecule has 0 aliphatic rings. The summed E-state index contributed by atoms with van der Waals surface area (Å²) in [5.74, 6) is 0. The van der Waals surface area contributed by atoms with Crippen LogP contribution in [0.3, 0.4) is 0 Å². The second-order valence-corrected chi connectivity index (χ2v) is 0. The third-order valence-corrected chi connectivity index (χ3v) is 0.